The van der Waals surface area contributed by atoms with Crippen LogP contribution in [0.5, 0.6) is 0 Å². The first-order chi connectivity index (χ1) is 10.1. The van der Waals surface area contributed by atoms with Crippen molar-refractivity contribution in [1.82, 2.24) is 9.58 Å². The zero-order valence-electron chi connectivity index (χ0n) is 12.1. The molecule has 2 heterocycles. The second-order valence-electron chi connectivity index (χ2n) is 5.45. The van der Waals surface area contributed by atoms with E-state index >= 15 is 0 Å². The monoisotopic (exact) mass is 285 g/mol. The average Bonchev–Trinajstić information content (AvgIpc) is 2.91. The molecule has 0 saturated carbocycles. The SMILES string of the molecule is CCC(c1cc2ccccc2n(N)c1=O)N1CCCC1=O. The zero-order chi connectivity index (χ0) is 15.0. The van der Waals surface area contributed by atoms with Gasteiger partial charge in [-0.05, 0) is 25.0 Å². The molecular weight excluding hydrogens is 266 g/mol. The van der Waals surface area contributed by atoms with Gasteiger partial charge in [-0.3, -0.25) is 9.59 Å². The van der Waals surface area contributed by atoms with E-state index < -0.39 is 0 Å². The largest absolute Gasteiger partial charge is 0.336 e. The number of benzene rings is 1. The number of carbonyl (C=O) groups is 1. The summed E-state index contributed by atoms with van der Waals surface area (Å²) < 4.78 is 1.19. The van der Waals surface area contributed by atoms with Gasteiger partial charge in [0.05, 0.1) is 11.6 Å². The number of fused-ring (bicyclic) bond motifs is 1. The number of hydrogen-bond donors (Lipinski definition) is 1. The number of nitrogens with two attached hydrogens (primary N) is 1. The quantitative estimate of drug-likeness (QED) is 0.874. The number of nitrogen functional groups attached to an aromatic ring is 1. The van der Waals surface area contributed by atoms with E-state index in [1.165, 1.54) is 4.68 Å². The van der Waals surface area contributed by atoms with Gasteiger partial charge < -0.3 is 10.7 Å². The van der Waals surface area contributed by atoms with Crippen LogP contribution in [0.4, 0.5) is 0 Å². The Labute approximate surface area is 122 Å². The highest BCUT2D eigenvalue weighted by molar-refractivity contribution is 5.81. The normalized spacial score (nSPS) is 16.6. The summed E-state index contributed by atoms with van der Waals surface area (Å²) in [5.74, 6) is 6.07. The van der Waals surface area contributed by atoms with Crippen LogP contribution in [0.25, 0.3) is 10.9 Å². The molecule has 0 aliphatic carbocycles. The van der Waals surface area contributed by atoms with Gasteiger partial charge in [0.1, 0.15) is 0 Å². The molecule has 5 nitrogen and oxygen atoms in total. The molecular formula is C16H19N3O2. The van der Waals surface area contributed by atoms with Crippen molar-refractivity contribution in [3.63, 3.8) is 0 Å². The molecule has 21 heavy (non-hydrogen) atoms. The molecule has 2 aromatic rings. The van der Waals surface area contributed by atoms with Crippen molar-refractivity contribution in [2.45, 2.75) is 32.2 Å². The number of pyridine rings is 1. The van der Waals surface area contributed by atoms with Gasteiger partial charge in [0.25, 0.3) is 5.56 Å². The van der Waals surface area contributed by atoms with Crippen molar-refractivity contribution < 1.29 is 4.79 Å². The van der Waals surface area contributed by atoms with E-state index in [1.807, 2.05) is 42.2 Å². The molecule has 0 radical (unpaired) electrons. The molecule has 1 saturated heterocycles. The molecule has 1 unspecified atom stereocenters. The van der Waals surface area contributed by atoms with E-state index in [-0.39, 0.29) is 17.5 Å². The van der Waals surface area contributed by atoms with Crippen LogP contribution in [-0.4, -0.2) is 22.0 Å². The third-order valence-corrected chi connectivity index (χ3v) is 4.20. The fourth-order valence-electron chi connectivity index (χ4n) is 3.15. The number of rotatable bonds is 3. The molecule has 1 aliphatic rings. The predicted molar refractivity (Wildman–Crippen MR) is 82.3 cm³/mol. The van der Waals surface area contributed by atoms with Gasteiger partial charge in [-0.1, -0.05) is 25.1 Å². The molecule has 1 aromatic carbocycles. The topological polar surface area (TPSA) is 68.3 Å². The highest BCUT2D eigenvalue weighted by atomic mass is 16.2. The first-order valence-electron chi connectivity index (χ1n) is 7.32. The minimum atomic E-state index is -0.222. The van der Waals surface area contributed by atoms with Gasteiger partial charge in [0, 0.05) is 23.9 Å². The lowest BCUT2D eigenvalue weighted by atomic mass is 10.0. The summed E-state index contributed by atoms with van der Waals surface area (Å²) >= 11 is 0. The fourth-order valence-corrected chi connectivity index (χ4v) is 3.15. The number of para-hydroxylation sites is 1. The molecule has 110 valence electrons. The maximum Gasteiger partial charge on any atom is 0.274 e. The highest BCUT2D eigenvalue weighted by Gasteiger charge is 2.30. The van der Waals surface area contributed by atoms with Gasteiger partial charge >= 0.3 is 0 Å². The summed E-state index contributed by atoms with van der Waals surface area (Å²) in [5.41, 5.74) is 1.09. The minimum absolute atomic E-state index is 0.123. The van der Waals surface area contributed by atoms with Crippen LogP contribution in [0.3, 0.4) is 0 Å². The lowest BCUT2D eigenvalue weighted by Gasteiger charge is -2.27. The molecule has 1 aliphatic heterocycles. The maximum absolute atomic E-state index is 12.5. The number of aromatic nitrogens is 1. The Bertz CT molecular complexity index is 751. The first kappa shape index (κ1) is 13.7. The van der Waals surface area contributed by atoms with Gasteiger partial charge in [-0.25, -0.2) is 4.68 Å². The molecule has 1 fully saturated rings. The van der Waals surface area contributed by atoms with E-state index in [4.69, 9.17) is 5.84 Å². The van der Waals surface area contributed by atoms with Crippen LogP contribution in [0.15, 0.2) is 35.1 Å². The van der Waals surface area contributed by atoms with Crippen LogP contribution >= 0.6 is 0 Å². The molecule has 0 bridgehead atoms. The molecule has 1 atom stereocenters. The Morgan fingerprint density at radius 3 is 2.71 bits per heavy atom. The van der Waals surface area contributed by atoms with Gasteiger partial charge in [0.2, 0.25) is 5.91 Å². The molecule has 0 spiro atoms. The standard InChI is InChI=1S/C16H19N3O2/c1-2-13(18-9-5-8-15(18)20)12-10-11-6-3-4-7-14(11)19(17)16(12)21/h3-4,6-7,10,13H,2,5,8-9,17H2,1H3. The van der Waals surface area contributed by atoms with Crippen molar-refractivity contribution in [2.24, 2.45) is 0 Å². The van der Waals surface area contributed by atoms with E-state index in [9.17, 15) is 9.59 Å². The summed E-state index contributed by atoms with van der Waals surface area (Å²) in [6, 6.07) is 9.21. The van der Waals surface area contributed by atoms with E-state index in [1.54, 1.807) is 0 Å². The summed E-state index contributed by atoms with van der Waals surface area (Å²) in [7, 11) is 0. The molecule has 3 rings (SSSR count). The third-order valence-electron chi connectivity index (χ3n) is 4.20. The highest BCUT2D eigenvalue weighted by Crippen LogP contribution is 2.28. The Balaban J connectivity index is 2.16. The number of amides is 1. The van der Waals surface area contributed by atoms with Gasteiger partial charge in [-0.2, -0.15) is 0 Å². The van der Waals surface area contributed by atoms with Crippen LogP contribution in [-0.2, 0) is 4.79 Å². The number of nitrogens with zero attached hydrogens (tertiary/aromatic N) is 2. The fraction of sp³-hybridized carbons (Fsp3) is 0.375. The van der Waals surface area contributed by atoms with Crippen LogP contribution < -0.4 is 11.4 Å². The third kappa shape index (κ3) is 2.18. The van der Waals surface area contributed by atoms with Crippen molar-refractivity contribution >= 4 is 16.8 Å². The Morgan fingerprint density at radius 1 is 1.29 bits per heavy atom. The van der Waals surface area contributed by atoms with Crippen molar-refractivity contribution in [3.05, 3.63) is 46.2 Å². The summed E-state index contributed by atoms with van der Waals surface area (Å²) in [6.45, 7) is 2.71. The number of hydrogen-bond acceptors (Lipinski definition) is 3. The van der Waals surface area contributed by atoms with E-state index in [2.05, 4.69) is 0 Å². The lowest BCUT2D eigenvalue weighted by Crippen LogP contribution is -2.37. The summed E-state index contributed by atoms with van der Waals surface area (Å²) in [4.78, 5) is 26.4. The van der Waals surface area contributed by atoms with Crippen molar-refractivity contribution in [3.8, 4) is 0 Å². The maximum atomic E-state index is 12.5. The minimum Gasteiger partial charge on any atom is -0.336 e. The van der Waals surface area contributed by atoms with E-state index in [0.717, 1.165) is 11.8 Å². The molecule has 2 N–H and O–H groups in total. The zero-order valence-corrected chi connectivity index (χ0v) is 12.1. The van der Waals surface area contributed by atoms with Gasteiger partial charge in [-0.15, -0.1) is 0 Å². The Kier molecular flexibility index (Phi) is 3.41. The van der Waals surface area contributed by atoms with Gasteiger partial charge in [0.15, 0.2) is 0 Å². The van der Waals surface area contributed by atoms with Crippen LogP contribution in [0.2, 0.25) is 0 Å². The summed E-state index contributed by atoms with van der Waals surface area (Å²) in [6.07, 6.45) is 2.14. The first-order valence-corrected chi connectivity index (χ1v) is 7.32. The van der Waals surface area contributed by atoms with E-state index in [0.29, 0.717) is 30.5 Å². The predicted octanol–water partition coefficient (Wildman–Crippen LogP) is 1.79. The van der Waals surface area contributed by atoms with Crippen molar-refractivity contribution in [1.29, 1.82) is 0 Å². The van der Waals surface area contributed by atoms with Crippen LogP contribution in [0.1, 0.15) is 37.8 Å². The Hall–Kier alpha value is -2.30. The Morgan fingerprint density at radius 2 is 2.05 bits per heavy atom. The van der Waals surface area contributed by atoms with Crippen molar-refractivity contribution in [2.75, 3.05) is 12.4 Å². The molecule has 1 amide bonds. The average molecular weight is 285 g/mol. The number of likely N-dealkylation sites (tertiary alicyclic amines) is 1. The van der Waals surface area contributed by atoms with Crippen LogP contribution in [0, 0.1) is 0 Å². The smallest absolute Gasteiger partial charge is 0.274 e. The molecule has 1 aromatic heterocycles. The second-order valence-corrected chi connectivity index (χ2v) is 5.45. The molecule has 5 heteroatoms. The second kappa shape index (κ2) is 5.24. The summed E-state index contributed by atoms with van der Waals surface area (Å²) in [5, 5.41) is 0.916. The lowest BCUT2D eigenvalue weighted by molar-refractivity contribution is -0.129. The number of carbonyl (C=O) groups excluding carboxylic acids is 1.